The molecule has 0 aromatic heterocycles. The van der Waals surface area contributed by atoms with Gasteiger partial charge in [-0.2, -0.15) is 0 Å². The molecule has 0 amide bonds. The van der Waals surface area contributed by atoms with Crippen molar-refractivity contribution in [1.29, 1.82) is 0 Å². The molecule has 0 bridgehead atoms. The van der Waals surface area contributed by atoms with Crippen molar-refractivity contribution < 1.29 is 19.3 Å². The molecule has 2 N–H and O–H groups in total. The molecule has 1 saturated heterocycles. The Balaban J connectivity index is 1.40. The van der Waals surface area contributed by atoms with Crippen molar-refractivity contribution in [1.82, 2.24) is 5.32 Å². The smallest absolute Gasteiger partial charge is 0.162 e. The monoisotopic (exact) mass is 516 g/mol. The number of rotatable bonds is 9. The Kier molecular flexibility index (Phi) is 8.28. The van der Waals surface area contributed by atoms with Crippen LogP contribution in [0.2, 0.25) is 0 Å². The molecule has 1 heterocycles. The molecule has 6 nitrogen and oxygen atoms in total. The first-order valence-electron chi connectivity index (χ1n) is 13.9. The number of piperidine rings is 1. The lowest BCUT2D eigenvalue weighted by atomic mass is 9.79. The molecule has 0 radical (unpaired) electrons. The highest BCUT2D eigenvalue weighted by atomic mass is 16.5. The van der Waals surface area contributed by atoms with E-state index in [0.29, 0.717) is 17.8 Å². The third kappa shape index (κ3) is 5.86. The fourth-order valence-corrected chi connectivity index (χ4v) is 5.86. The standard InChI is InChI=1S/C32H40N2O4/c1-4-34(21-22-5-11-27(12-6-22)38-28-13-15-33-16-14-28)30-20-32(37-3)31(36-2)19-29(30)25-8-7-24-18-26(35)10-9-23(24)17-25/h5-6,9-12,18-20,25,28,33,35H,4,7-8,13-17,21H2,1-3H3/t25-/m1/s1. The van der Waals surface area contributed by atoms with E-state index in [9.17, 15) is 5.11 Å². The molecule has 1 aliphatic carbocycles. The number of fused-ring (bicyclic) bond motifs is 1. The third-order valence-electron chi connectivity index (χ3n) is 8.00. The third-order valence-corrected chi connectivity index (χ3v) is 8.00. The van der Waals surface area contributed by atoms with Crippen molar-refractivity contribution in [3.8, 4) is 23.0 Å². The average molecular weight is 517 g/mol. The molecule has 6 heteroatoms. The van der Waals surface area contributed by atoms with E-state index >= 15 is 0 Å². The van der Waals surface area contributed by atoms with Gasteiger partial charge in [-0.15, -0.1) is 0 Å². The quantitative estimate of drug-likeness (QED) is 0.373. The minimum atomic E-state index is 0.299. The number of ether oxygens (including phenoxy) is 3. The number of hydrogen-bond acceptors (Lipinski definition) is 6. The maximum Gasteiger partial charge on any atom is 0.162 e. The zero-order valence-electron chi connectivity index (χ0n) is 22.8. The minimum Gasteiger partial charge on any atom is -0.508 e. The van der Waals surface area contributed by atoms with Crippen molar-refractivity contribution in [3.63, 3.8) is 0 Å². The maximum absolute atomic E-state index is 9.94. The van der Waals surface area contributed by atoms with E-state index in [1.54, 1.807) is 20.3 Å². The van der Waals surface area contributed by atoms with Gasteiger partial charge in [0.1, 0.15) is 17.6 Å². The van der Waals surface area contributed by atoms with Crippen LogP contribution in [-0.4, -0.2) is 45.1 Å². The predicted molar refractivity (Wildman–Crippen MR) is 152 cm³/mol. The second-order valence-corrected chi connectivity index (χ2v) is 10.4. The molecule has 3 aromatic carbocycles. The van der Waals surface area contributed by atoms with Crippen LogP contribution in [0.4, 0.5) is 5.69 Å². The molecule has 1 aliphatic heterocycles. The highest BCUT2D eigenvalue weighted by Gasteiger charge is 2.26. The van der Waals surface area contributed by atoms with Crippen LogP contribution in [0.15, 0.2) is 54.6 Å². The van der Waals surface area contributed by atoms with E-state index in [1.165, 1.54) is 27.9 Å². The number of methoxy groups -OCH3 is 2. The largest absolute Gasteiger partial charge is 0.508 e. The average Bonchev–Trinajstić information content (AvgIpc) is 2.96. The Morgan fingerprint density at radius 2 is 1.63 bits per heavy atom. The first kappa shape index (κ1) is 26.2. The van der Waals surface area contributed by atoms with Gasteiger partial charge in [-0.1, -0.05) is 18.2 Å². The van der Waals surface area contributed by atoms with Crippen molar-refractivity contribution in [2.24, 2.45) is 0 Å². The van der Waals surface area contributed by atoms with E-state index in [2.05, 4.69) is 59.6 Å². The SMILES string of the molecule is CCN(Cc1ccc(OC2CCNCC2)cc1)c1cc(OC)c(OC)cc1[C@@H]1CCc2cc(O)ccc2C1. The van der Waals surface area contributed by atoms with Crippen LogP contribution in [0.3, 0.4) is 0 Å². The van der Waals surface area contributed by atoms with Gasteiger partial charge in [-0.25, -0.2) is 0 Å². The second kappa shape index (κ2) is 12.0. The van der Waals surface area contributed by atoms with Crippen LogP contribution in [0, 0.1) is 0 Å². The van der Waals surface area contributed by atoms with Crippen molar-refractivity contribution >= 4 is 5.69 Å². The number of benzene rings is 3. The Labute approximate surface area is 226 Å². The Morgan fingerprint density at radius 1 is 0.895 bits per heavy atom. The summed E-state index contributed by atoms with van der Waals surface area (Å²) in [5.41, 5.74) is 6.28. The van der Waals surface area contributed by atoms with Crippen LogP contribution in [0.1, 0.15) is 54.4 Å². The zero-order valence-corrected chi connectivity index (χ0v) is 22.8. The molecule has 0 spiro atoms. The molecule has 1 fully saturated rings. The number of phenolic OH excluding ortho intramolecular Hbond substituents is 1. The lowest BCUT2D eigenvalue weighted by Gasteiger charge is -2.32. The molecule has 1 atom stereocenters. The summed E-state index contributed by atoms with van der Waals surface area (Å²) < 4.78 is 17.7. The number of nitrogens with one attached hydrogen (secondary N) is 1. The predicted octanol–water partition coefficient (Wildman–Crippen LogP) is 5.84. The summed E-state index contributed by atoms with van der Waals surface area (Å²) >= 11 is 0. The Morgan fingerprint density at radius 3 is 2.34 bits per heavy atom. The van der Waals surface area contributed by atoms with Gasteiger partial charge in [-0.05, 0) is 111 Å². The van der Waals surface area contributed by atoms with Gasteiger partial charge in [0.05, 0.1) is 14.2 Å². The number of aryl methyl sites for hydroxylation is 1. The number of nitrogens with zero attached hydrogens (tertiary/aromatic N) is 1. The molecule has 202 valence electrons. The fraction of sp³-hybridized carbons (Fsp3) is 0.438. The number of hydrogen-bond donors (Lipinski definition) is 2. The van der Waals surface area contributed by atoms with Gasteiger partial charge in [0, 0.05) is 24.8 Å². The molecule has 0 saturated carbocycles. The van der Waals surface area contributed by atoms with Crippen molar-refractivity contribution in [3.05, 3.63) is 76.9 Å². The minimum absolute atomic E-state index is 0.299. The van der Waals surface area contributed by atoms with E-state index in [-0.39, 0.29) is 0 Å². The van der Waals surface area contributed by atoms with Crippen LogP contribution in [0.25, 0.3) is 0 Å². The van der Waals surface area contributed by atoms with E-state index in [1.807, 2.05) is 6.07 Å². The van der Waals surface area contributed by atoms with Gasteiger partial charge in [0.25, 0.3) is 0 Å². The van der Waals surface area contributed by atoms with Gasteiger partial charge >= 0.3 is 0 Å². The molecule has 5 rings (SSSR count). The fourth-order valence-electron chi connectivity index (χ4n) is 5.86. The van der Waals surface area contributed by atoms with Crippen LogP contribution < -0.4 is 24.4 Å². The summed E-state index contributed by atoms with van der Waals surface area (Å²) in [4.78, 5) is 2.42. The van der Waals surface area contributed by atoms with E-state index in [0.717, 1.165) is 75.5 Å². The van der Waals surface area contributed by atoms with E-state index < -0.39 is 0 Å². The maximum atomic E-state index is 9.94. The van der Waals surface area contributed by atoms with Gasteiger partial charge in [-0.3, -0.25) is 0 Å². The van der Waals surface area contributed by atoms with Gasteiger partial charge < -0.3 is 29.5 Å². The summed E-state index contributed by atoms with van der Waals surface area (Å²) in [6.45, 7) is 5.92. The number of phenols is 1. The van der Waals surface area contributed by atoms with Crippen molar-refractivity contribution in [2.75, 3.05) is 38.8 Å². The first-order valence-corrected chi connectivity index (χ1v) is 13.9. The topological polar surface area (TPSA) is 63.2 Å². The summed E-state index contributed by atoms with van der Waals surface area (Å²) in [5.74, 6) is 3.16. The van der Waals surface area contributed by atoms with Gasteiger partial charge in [0.2, 0.25) is 0 Å². The zero-order chi connectivity index (χ0) is 26.5. The first-order chi connectivity index (χ1) is 18.6. The lowest BCUT2D eigenvalue weighted by Crippen LogP contribution is -2.34. The lowest BCUT2D eigenvalue weighted by molar-refractivity contribution is 0.162. The molecule has 3 aromatic rings. The highest BCUT2D eigenvalue weighted by molar-refractivity contribution is 5.64. The number of aromatic hydroxyl groups is 1. The molecular weight excluding hydrogens is 476 g/mol. The van der Waals surface area contributed by atoms with Crippen LogP contribution >= 0.6 is 0 Å². The molecule has 0 unspecified atom stereocenters. The van der Waals surface area contributed by atoms with Crippen LogP contribution in [0.5, 0.6) is 23.0 Å². The summed E-state index contributed by atoms with van der Waals surface area (Å²) in [6.07, 6.45) is 5.33. The van der Waals surface area contributed by atoms with Crippen LogP contribution in [-0.2, 0) is 19.4 Å². The Bertz CT molecular complexity index is 1220. The van der Waals surface area contributed by atoms with E-state index in [4.69, 9.17) is 14.2 Å². The molecular formula is C32H40N2O4. The van der Waals surface area contributed by atoms with Gasteiger partial charge in [0.15, 0.2) is 11.5 Å². The molecule has 2 aliphatic rings. The summed E-state index contributed by atoms with van der Waals surface area (Å²) in [5, 5.41) is 13.3. The number of anilines is 1. The Hall–Kier alpha value is -3.38. The summed E-state index contributed by atoms with van der Waals surface area (Å²) in [6, 6.07) is 18.7. The van der Waals surface area contributed by atoms with Crippen molar-refractivity contribution in [2.45, 2.75) is 57.6 Å². The summed E-state index contributed by atoms with van der Waals surface area (Å²) in [7, 11) is 3.40. The molecule has 38 heavy (non-hydrogen) atoms. The highest BCUT2D eigenvalue weighted by Crippen LogP contribution is 2.43. The second-order valence-electron chi connectivity index (χ2n) is 10.4. The normalized spacial score (nSPS) is 17.5.